The maximum atomic E-state index is 14.1. The molecule has 10 aliphatic rings. The van der Waals surface area contributed by atoms with E-state index in [1.165, 1.54) is 5.57 Å². The van der Waals surface area contributed by atoms with Crippen molar-refractivity contribution in [2.75, 3.05) is 7.11 Å². The lowest BCUT2D eigenvalue weighted by Crippen LogP contribution is -2.58. The average molecular weight is 722 g/mol. The number of methoxy groups -OCH3 is 1. The second-order valence-electron chi connectivity index (χ2n) is 18.1. The van der Waals surface area contributed by atoms with E-state index in [0.717, 1.165) is 69.8 Å². The van der Waals surface area contributed by atoms with Gasteiger partial charge >= 0.3 is 0 Å². The molecule has 0 amide bonds. The molecule has 10 heteroatoms. The van der Waals surface area contributed by atoms with Crippen LogP contribution >= 0.6 is 0 Å². The molecule has 10 nitrogen and oxygen atoms in total. The van der Waals surface area contributed by atoms with Gasteiger partial charge in [-0.1, -0.05) is 20.1 Å². The highest BCUT2D eigenvalue weighted by molar-refractivity contribution is 5.79. The molecule has 0 aliphatic carbocycles. The summed E-state index contributed by atoms with van der Waals surface area (Å²) in [7, 11) is 1.70. The Bertz CT molecular complexity index is 1450. The van der Waals surface area contributed by atoms with Gasteiger partial charge in [0.15, 0.2) is 0 Å². The van der Waals surface area contributed by atoms with E-state index in [4.69, 9.17) is 37.9 Å². The normalized spacial score (nSPS) is 52.2. The summed E-state index contributed by atoms with van der Waals surface area (Å²) in [6.07, 6.45) is 9.67. The fraction of sp³-hybridized carbons (Fsp3) is 0.857. The van der Waals surface area contributed by atoms with E-state index < -0.39 is 0 Å². The lowest BCUT2D eigenvalue weighted by molar-refractivity contribution is -0.237. The smallest absolute Gasteiger partial charge is 0.135 e. The van der Waals surface area contributed by atoms with Gasteiger partial charge in [-0.3, -0.25) is 4.79 Å². The van der Waals surface area contributed by atoms with Crippen LogP contribution in [0.15, 0.2) is 24.3 Å². The molecule has 19 atom stereocenters. The Morgan fingerprint density at radius 3 is 2.42 bits per heavy atom. The molecule has 10 fully saturated rings. The number of fused-ring (bicyclic) bond motifs is 6. The minimum atomic E-state index is -0.291. The van der Waals surface area contributed by atoms with Crippen molar-refractivity contribution in [3.63, 3.8) is 0 Å². The predicted octanol–water partition coefficient (Wildman–Crippen LogP) is 5.94. The van der Waals surface area contributed by atoms with Crippen molar-refractivity contribution < 1.29 is 42.7 Å². The minimum Gasteiger partial charge on any atom is -0.378 e. The van der Waals surface area contributed by atoms with Crippen LogP contribution in [0.3, 0.4) is 0 Å². The van der Waals surface area contributed by atoms with E-state index in [1.54, 1.807) is 7.11 Å². The maximum absolute atomic E-state index is 14.1. The molecule has 12 bridgehead atoms. The highest BCUT2D eigenvalue weighted by Gasteiger charge is 2.67. The monoisotopic (exact) mass is 721 g/mol. The summed E-state index contributed by atoms with van der Waals surface area (Å²) in [5.41, 5.74) is 2.00. The van der Waals surface area contributed by atoms with Gasteiger partial charge in [-0.25, -0.2) is 0 Å². The largest absolute Gasteiger partial charge is 0.378 e. The molecular weight excluding hydrogens is 662 g/mol. The summed E-state index contributed by atoms with van der Waals surface area (Å²) >= 11 is 0. The average Bonchev–Trinajstić information content (AvgIpc) is 3.79. The van der Waals surface area contributed by atoms with Gasteiger partial charge < -0.3 is 37.9 Å². The van der Waals surface area contributed by atoms with Crippen LogP contribution < -0.4 is 0 Å². The Morgan fingerprint density at radius 1 is 0.808 bits per heavy atom. The van der Waals surface area contributed by atoms with E-state index in [2.05, 4.69) is 26.2 Å². The molecule has 10 saturated heterocycles. The van der Waals surface area contributed by atoms with Crippen LogP contribution in [0.2, 0.25) is 0 Å². The quantitative estimate of drug-likeness (QED) is 0.325. The number of hydrogen-bond donors (Lipinski definition) is 0. The van der Waals surface area contributed by atoms with Crippen LogP contribution in [0.4, 0.5) is 0 Å². The molecule has 0 aromatic heterocycles. The molecule has 1 spiro atoms. The Morgan fingerprint density at radius 2 is 1.60 bits per heavy atom. The predicted molar refractivity (Wildman–Crippen MR) is 189 cm³/mol. The number of ketones is 1. The lowest BCUT2D eigenvalue weighted by atomic mass is 9.73. The molecular formula is C42H59NO9. The zero-order valence-electron chi connectivity index (χ0n) is 31.3. The van der Waals surface area contributed by atoms with Crippen molar-refractivity contribution in [1.29, 1.82) is 5.26 Å². The molecule has 0 aromatic rings. The summed E-state index contributed by atoms with van der Waals surface area (Å²) < 4.78 is 53.8. The second kappa shape index (κ2) is 14.1. The molecule has 10 heterocycles. The summed E-state index contributed by atoms with van der Waals surface area (Å²) in [6.45, 7) is 13.1. The highest BCUT2D eigenvalue weighted by atomic mass is 16.6. The van der Waals surface area contributed by atoms with Gasteiger partial charge in [0, 0.05) is 50.5 Å². The van der Waals surface area contributed by atoms with Crippen LogP contribution in [-0.4, -0.2) is 104 Å². The summed E-state index contributed by atoms with van der Waals surface area (Å²) in [6, 6.07) is 2.37. The van der Waals surface area contributed by atoms with Gasteiger partial charge in [0.1, 0.15) is 18.0 Å². The number of carbonyl (C=O) groups is 1. The summed E-state index contributed by atoms with van der Waals surface area (Å²) in [5.74, 6) is 0.303. The van der Waals surface area contributed by atoms with Crippen LogP contribution in [0.25, 0.3) is 0 Å². The lowest BCUT2D eigenvalue weighted by Gasteiger charge is -2.48. The first kappa shape index (κ1) is 36.0. The molecule has 0 aromatic carbocycles. The van der Waals surface area contributed by atoms with Gasteiger partial charge in [0.25, 0.3) is 0 Å². The van der Waals surface area contributed by atoms with E-state index in [9.17, 15) is 10.1 Å². The molecule has 10 rings (SSSR count). The van der Waals surface area contributed by atoms with Crippen molar-refractivity contribution >= 4 is 5.78 Å². The fourth-order valence-electron chi connectivity index (χ4n) is 12.0. The highest BCUT2D eigenvalue weighted by Crippen LogP contribution is 2.57. The third kappa shape index (κ3) is 6.47. The first-order valence-electron chi connectivity index (χ1n) is 20.5. The third-order valence-electron chi connectivity index (χ3n) is 14.6. The number of ether oxygens (including phenoxy) is 8. The minimum absolute atomic E-state index is 0.00378. The first-order chi connectivity index (χ1) is 25.1. The van der Waals surface area contributed by atoms with Crippen molar-refractivity contribution in [3.8, 4) is 6.07 Å². The van der Waals surface area contributed by atoms with Crippen molar-refractivity contribution in [1.82, 2.24) is 0 Å². The van der Waals surface area contributed by atoms with E-state index in [-0.39, 0.29) is 115 Å². The van der Waals surface area contributed by atoms with Crippen LogP contribution in [0, 0.1) is 35.0 Å². The van der Waals surface area contributed by atoms with Crippen molar-refractivity contribution in [2.45, 2.75) is 195 Å². The molecule has 10 aliphatic heterocycles. The van der Waals surface area contributed by atoms with Crippen LogP contribution in [0.1, 0.15) is 104 Å². The zero-order chi connectivity index (χ0) is 35.9. The molecule has 0 N–H and O–H groups in total. The standard InChI is InChI=1S/C42H59NO9/c1-21(20-43)12-35-37(45-5)29-16-25(44)15-27-7-9-32-38(48-27)30-18-42(19-36-40(52-42)41(50-32)39(30)51-36)11-10-28-14-23(3)31(46-28)8-6-26-13-22(2)24(4)33(47-26)17-34(29)49-35/h21-22,26-41H,3-4,6-19H2,1-2,5H3/t21?,22-,26+,27-,28+,29+,30+,31+,32+,33-,34+,35-,36-,37-,38-,39+,40+,41-,42+/m1/s1. The zero-order valence-corrected chi connectivity index (χ0v) is 31.3. The Kier molecular flexibility index (Phi) is 9.77. The second-order valence-corrected chi connectivity index (χ2v) is 18.1. The van der Waals surface area contributed by atoms with Gasteiger partial charge in [0.2, 0.25) is 0 Å². The molecule has 1 unspecified atom stereocenters. The number of Topliss-reactive ketones (excluding diaryl/α,β-unsaturated/α-hetero) is 1. The number of nitrogens with zero attached hydrogens (tertiary/aromatic N) is 1. The van der Waals surface area contributed by atoms with Gasteiger partial charge in [-0.15, -0.1) is 0 Å². The number of nitriles is 1. The van der Waals surface area contributed by atoms with Crippen molar-refractivity contribution in [3.05, 3.63) is 24.3 Å². The molecule has 0 saturated carbocycles. The van der Waals surface area contributed by atoms with Gasteiger partial charge in [-0.2, -0.15) is 5.26 Å². The summed E-state index contributed by atoms with van der Waals surface area (Å²) in [5, 5.41) is 9.67. The topological polar surface area (TPSA) is 115 Å². The Labute approximate surface area is 309 Å². The third-order valence-corrected chi connectivity index (χ3v) is 14.6. The number of rotatable bonds is 3. The SMILES string of the molecule is C=C1C[C@@H]2CC[C@@]34C[C@H]5[C@H]6O[C@H](CC[C@@H]6O[C@H]6[C@@H](O3)[C@@H](C4)O[C@@H]56)CC(=O)C[C@@H]3[C@@H](OC)[C@@H](CC(C)C#N)O[C@H]3C[C@H]3O[C@@H](CC[C@@H]1O2)C[C@@H](C)C3=C. The van der Waals surface area contributed by atoms with Crippen LogP contribution in [0.5, 0.6) is 0 Å². The van der Waals surface area contributed by atoms with Gasteiger partial charge in [-0.05, 0) is 88.2 Å². The summed E-state index contributed by atoms with van der Waals surface area (Å²) in [4.78, 5) is 14.1. The Balaban J connectivity index is 0.996. The van der Waals surface area contributed by atoms with Gasteiger partial charge in [0.05, 0.1) is 84.9 Å². The molecule has 0 radical (unpaired) electrons. The molecule has 286 valence electrons. The number of hydrogen-bond acceptors (Lipinski definition) is 10. The van der Waals surface area contributed by atoms with Crippen LogP contribution in [-0.2, 0) is 42.7 Å². The van der Waals surface area contributed by atoms with E-state index in [1.807, 2.05) is 6.92 Å². The van der Waals surface area contributed by atoms with E-state index in [0.29, 0.717) is 31.6 Å². The van der Waals surface area contributed by atoms with E-state index >= 15 is 0 Å². The number of carbonyl (C=O) groups excluding carboxylic acids is 1. The fourth-order valence-corrected chi connectivity index (χ4v) is 12.0. The Hall–Kier alpha value is -1.68. The molecule has 52 heavy (non-hydrogen) atoms. The maximum Gasteiger partial charge on any atom is 0.135 e. The van der Waals surface area contributed by atoms with Crippen molar-refractivity contribution in [2.24, 2.45) is 23.7 Å². The first-order valence-corrected chi connectivity index (χ1v) is 20.5.